The summed E-state index contributed by atoms with van der Waals surface area (Å²) < 4.78 is 0.914. The molecule has 3 aromatic rings. The zero-order valence-electron chi connectivity index (χ0n) is 10.2. The number of pyridine rings is 1. The third kappa shape index (κ3) is 2.90. The number of rotatable bonds is 3. The van der Waals surface area contributed by atoms with Crippen LogP contribution in [-0.2, 0) is 0 Å². The van der Waals surface area contributed by atoms with E-state index in [9.17, 15) is 0 Å². The molecule has 3 rings (SSSR count). The molecular weight excluding hydrogens is 358 g/mol. The van der Waals surface area contributed by atoms with Crippen LogP contribution in [0, 0.1) is 0 Å². The maximum atomic E-state index is 6.45. The molecule has 0 spiro atoms. The van der Waals surface area contributed by atoms with Gasteiger partial charge in [0.25, 0.3) is 0 Å². The monoisotopic (exact) mass is 365 g/mol. The Morgan fingerprint density at radius 3 is 2.65 bits per heavy atom. The van der Waals surface area contributed by atoms with Crippen molar-refractivity contribution in [2.75, 3.05) is 0 Å². The highest BCUT2D eigenvalue weighted by Gasteiger charge is 2.16. The summed E-state index contributed by atoms with van der Waals surface area (Å²) in [6.45, 7) is 0. The van der Waals surface area contributed by atoms with Crippen LogP contribution in [0.3, 0.4) is 0 Å². The minimum absolute atomic E-state index is 0.275. The topological polar surface area (TPSA) is 38.7 Å². The lowest BCUT2D eigenvalue weighted by Crippen LogP contribution is -1.91. The van der Waals surface area contributed by atoms with Gasteiger partial charge in [0.1, 0.15) is 15.4 Å². The largest absolute Gasteiger partial charge is 0.263 e. The van der Waals surface area contributed by atoms with Gasteiger partial charge in [-0.25, -0.2) is 0 Å². The number of halogens is 2. The molecule has 0 aliphatic rings. The van der Waals surface area contributed by atoms with Crippen molar-refractivity contribution in [2.24, 2.45) is 0 Å². The summed E-state index contributed by atoms with van der Waals surface area (Å²) >= 11 is 11.3. The minimum atomic E-state index is -0.275. The van der Waals surface area contributed by atoms with Crippen molar-refractivity contribution in [1.29, 1.82) is 0 Å². The number of hydrogen-bond donors (Lipinski definition) is 0. The Morgan fingerprint density at radius 2 is 1.90 bits per heavy atom. The Bertz CT molecular complexity index is 717. The first-order valence-corrected chi connectivity index (χ1v) is 7.92. The van der Waals surface area contributed by atoms with Gasteiger partial charge in [0, 0.05) is 22.4 Å². The Balaban J connectivity index is 1.91. The van der Waals surface area contributed by atoms with Gasteiger partial charge in [-0.15, -0.1) is 21.8 Å². The van der Waals surface area contributed by atoms with E-state index >= 15 is 0 Å². The zero-order chi connectivity index (χ0) is 13.9. The molecule has 0 saturated carbocycles. The lowest BCUT2D eigenvalue weighted by molar-refractivity contribution is 0.987. The van der Waals surface area contributed by atoms with E-state index in [2.05, 4.69) is 31.1 Å². The van der Waals surface area contributed by atoms with E-state index < -0.39 is 0 Å². The van der Waals surface area contributed by atoms with E-state index in [4.69, 9.17) is 11.6 Å². The van der Waals surface area contributed by atoms with Gasteiger partial charge in [-0.05, 0) is 27.6 Å². The predicted octanol–water partition coefficient (Wildman–Crippen LogP) is 4.69. The smallest absolute Gasteiger partial charge is 0.149 e. The van der Waals surface area contributed by atoms with E-state index in [1.54, 1.807) is 12.4 Å². The van der Waals surface area contributed by atoms with Crippen LogP contribution >= 0.6 is 38.9 Å². The number of alkyl halides is 1. The Morgan fingerprint density at radius 1 is 1.10 bits per heavy atom. The van der Waals surface area contributed by atoms with Gasteiger partial charge < -0.3 is 0 Å². The highest BCUT2D eigenvalue weighted by Crippen LogP contribution is 2.34. The molecule has 100 valence electrons. The van der Waals surface area contributed by atoms with Crippen LogP contribution in [0.1, 0.15) is 15.9 Å². The molecule has 6 heteroatoms. The molecule has 2 aromatic heterocycles. The van der Waals surface area contributed by atoms with Crippen molar-refractivity contribution in [3.05, 3.63) is 63.8 Å². The fourth-order valence-electron chi connectivity index (χ4n) is 1.75. The zero-order valence-corrected chi connectivity index (χ0v) is 13.4. The molecule has 1 unspecified atom stereocenters. The van der Waals surface area contributed by atoms with E-state index in [0.29, 0.717) is 0 Å². The van der Waals surface area contributed by atoms with Crippen LogP contribution in [0.15, 0.2) is 53.3 Å². The lowest BCUT2D eigenvalue weighted by Gasteiger charge is -2.04. The quantitative estimate of drug-likeness (QED) is 0.631. The van der Waals surface area contributed by atoms with Crippen molar-refractivity contribution in [1.82, 2.24) is 15.2 Å². The standard InChI is InChI=1S/C14H9BrClN3S/c15-11-6-10(7-17-8-11)13-18-19-14(20-13)12(16)9-4-2-1-3-5-9/h1-8,12H. The van der Waals surface area contributed by atoms with Crippen LogP contribution < -0.4 is 0 Å². The maximum absolute atomic E-state index is 6.45. The second kappa shape index (κ2) is 5.99. The molecule has 1 atom stereocenters. The summed E-state index contributed by atoms with van der Waals surface area (Å²) in [6, 6.07) is 11.8. The lowest BCUT2D eigenvalue weighted by atomic mass is 10.1. The molecule has 2 heterocycles. The number of benzene rings is 1. The van der Waals surface area contributed by atoms with E-state index in [1.165, 1.54) is 11.3 Å². The summed E-state index contributed by atoms with van der Waals surface area (Å²) in [5.74, 6) is 0. The molecule has 20 heavy (non-hydrogen) atoms. The molecular formula is C14H9BrClN3S. The third-order valence-electron chi connectivity index (χ3n) is 2.70. The van der Waals surface area contributed by atoms with Gasteiger partial charge in [0.2, 0.25) is 0 Å². The Kier molecular flexibility index (Phi) is 4.10. The van der Waals surface area contributed by atoms with E-state index in [1.807, 2.05) is 36.4 Å². The molecule has 0 amide bonds. The maximum Gasteiger partial charge on any atom is 0.149 e. The van der Waals surface area contributed by atoms with Crippen molar-refractivity contribution in [3.8, 4) is 10.6 Å². The first kappa shape index (κ1) is 13.7. The van der Waals surface area contributed by atoms with Gasteiger partial charge in [-0.2, -0.15) is 0 Å². The van der Waals surface area contributed by atoms with Crippen LogP contribution in [0.2, 0.25) is 0 Å². The molecule has 0 N–H and O–H groups in total. The Hall–Kier alpha value is -1.30. The van der Waals surface area contributed by atoms with E-state index in [0.717, 1.165) is 25.6 Å². The number of nitrogens with zero attached hydrogens (tertiary/aromatic N) is 3. The molecule has 1 aromatic carbocycles. The highest BCUT2D eigenvalue weighted by molar-refractivity contribution is 9.10. The van der Waals surface area contributed by atoms with Gasteiger partial charge in [0.05, 0.1) is 0 Å². The molecule has 0 radical (unpaired) electrons. The summed E-state index contributed by atoms with van der Waals surface area (Å²) in [5, 5.41) is 9.71. The van der Waals surface area contributed by atoms with Crippen LogP contribution in [0.25, 0.3) is 10.6 Å². The molecule has 0 aliphatic heterocycles. The van der Waals surface area contributed by atoms with Crippen molar-refractivity contribution in [3.63, 3.8) is 0 Å². The van der Waals surface area contributed by atoms with Crippen molar-refractivity contribution in [2.45, 2.75) is 5.38 Å². The van der Waals surface area contributed by atoms with Crippen molar-refractivity contribution >= 4 is 38.9 Å². The third-order valence-corrected chi connectivity index (χ3v) is 4.76. The summed E-state index contributed by atoms with van der Waals surface area (Å²) in [7, 11) is 0. The molecule has 0 bridgehead atoms. The van der Waals surface area contributed by atoms with Gasteiger partial charge in [0.15, 0.2) is 0 Å². The molecule has 0 fully saturated rings. The van der Waals surface area contributed by atoms with Crippen LogP contribution in [0.4, 0.5) is 0 Å². The number of hydrogen-bond acceptors (Lipinski definition) is 4. The van der Waals surface area contributed by atoms with Gasteiger partial charge in [-0.3, -0.25) is 4.98 Å². The minimum Gasteiger partial charge on any atom is -0.263 e. The Labute approximate surface area is 133 Å². The average Bonchev–Trinajstić information content (AvgIpc) is 2.97. The highest BCUT2D eigenvalue weighted by atomic mass is 79.9. The first-order valence-electron chi connectivity index (χ1n) is 5.87. The van der Waals surface area contributed by atoms with E-state index in [-0.39, 0.29) is 5.38 Å². The van der Waals surface area contributed by atoms with Gasteiger partial charge in [-0.1, -0.05) is 41.7 Å². The molecule has 0 saturated heterocycles. The second-order valence-electron chi connectivity index (χ2n) is 4.11. The van der Waals surface area contributed by atoms with Crippen molar-refractivity contribution < 1.29 is 0 Å². The number of aromatic nitrogens is 3. The second-order valence-corrected chi connectivity index (χ2v) is 6.47. The van der Waals surface area contributed by atoms with Crippen LogP contribution in [-0.4, -0.2) is 15.2 Å². The summed E-state index contributed by atoms with van der Waals surface area (Å²) in [6.07, 6.45) is 3.50. The molecule has 0 aliphatic carbocycles. The average molecular weight is 367 g/mol. The molecule has 3 nitrogen and oxygen atoms in total. The SMILES string of the molecule is ClC(c1ccccc1)c1nnc(-c2cncc(Br)c2)s1. The van der Waals surface area contributed by atoms with Gasteiger partial charge >= 0.3 is 0 Å². The normalized spacial score (nSPS) is 12.3. The van der Waals surface area contributed by atoms with Crippen LogP contribution in [0.5, 0.6) is 0 Å². The fourth-order valence-corrected chi connectivity index (χ4v) is 3.27. The fraction of sp³-hybridized carbons (Fsp3) is 0.0714. The predicted molar refractivity (Wildman–Crippen MR) is 85.0 cm³/mol. The summed E-state index contributed by atoms with van der Waals surface area (Å²) in [5.41, 5.74) is 1.95. The summed E-state index contributed by atoms with van der Waals surface area (Å²) in [4.78, 5) is 4.13. The first-order chi connectivity index (χ1) is 9.74.